The van der Waals surface area contributed by atoms with E-state index in [0.717, 1.165) is 52.9 Å². The van der Waals surface area contributed by atoms with Gasteiger partial charge in [0.05, 0.1) is 36.5 Å². The SMILES string of the molecule is C=CCN(CC1CC(c2ccc(CO)cc2)OC(c2cccc(-c3cccc(CN4C(=O)c5ccccc5C4=O)c3)c2)O1)C1CCCC1. The molecule has 4 aromatic carbocycles. The van der Waals surface area contributed by atoms with Crippen molar-refractivity contribution in [2.24, 2.45) is 0 Å². The summed E-state index contributed by atoms with van der Waals surface area (Å²) < 4.78 is 13.4. The Hall–Kier alpha value is -4.40. The van der Waals surface area contributed by atoms with E-state index >= 15 is 0 Å². The number of carbonyl (C=O) groups is 2. The number of amides is 2. The third kappa shape index (κ3) is 6.78. The molecule has 4 aromatic rings. The number of nitrogens with zero attached hydrogens (tertiary/aromatic N) is 2. The summed E-state index contributed by atoms with van der Waals surface area (Å²) in [4.78, 5) is 29.9. The molecule has 7 rings (SSSR count). The van der Waals surface area contributed by atoms with Crippen LogP contribution in [0.25, 0.3) is 11.1 Å². The summed E-state index contributed by atoms with van der Waals surface area (Å²) in [5.74, 6) is -0.520. The van der Waals surface area contributed by atoms with Crippen molar-refractivity contribution in [3.8, 4) is 11.1 Å². The number of ether oxygens (including phenoxy) is 2. The van der Waals surface area contributed by atoms with Crippen LogP contribution in [0.3, 0.4) is 0 Å². The van der Waals surface area contributed by atoms with Gasteiger partial charge in [0.15, 0.2) is 6.29 Å². The molecule has 2 amide bonds. The van der Waals surface area contributed by atoms with Gasteiger partial charge in [-0.25, -0.2) is 0 Å². The molecule has 3 unspecified atom stereocenters. The van der Waals surface area contributed by atoms with Gasteiger partial charge in [-0.2, -0.15) is 0 Å². The van der Waals surface area contributed by atoms with Crippen LogP contribution in [-0.4, -0.2) is 52.0 Å². The van der Waals surface area contributed by atoms with Gasteiger partial charge in [0.25, 0.3) is 11.8 Å². The Balaban J connectivity index is 1.13. The highest BCUT2D eigenvalue weighted by Crippen LogP contribution is 2.40. The molecule has 2 heterocycles. The van der Waals surface area contributed by atoms with Crippen LogP contribution >= 0.6 is 0 Å². The Labute approximate surface area is 282 Å². The minimum Gasteiger partial charge on any atom is -0.392 e. The maximum Gasteiger partial charge on any atom is 0.261 e. The fourth-order valence-corrected chi connectivity index (χ4v) is 7.38. The zero-order valence-corrected chi connectivity index (χ0v) is 27.2. The molecule has 48 heavy (non-hydrogen) atoms. The van der Waals surface area contributed by atoms with Gasteiger partial charge in [-0.1, -0.05) is 91.7 Å². The molecule has 3 atom stereocenters. The third-order valence-corrected chi connectivity index (χ3v) is 9.90. The summed E-state index contributed by atoms with van der Waals surface area (Å²) in [5.41, 5.74) is 6.62. The predicted molar refractivity (Wildman–Crippen MR) is 185 cm³/mol. The Morgan fingerprint density at radius 2 is 1.48 bits per heavy atom. The van der Waals surface area contributed by atoms with Crippen molar-refractivity contribution >= 4 is 11.8 Å². The second-order valence-electron chi connectivity index (χ2n) is 13.1. The van der Waals surface area contributed by atoms with Crippen molar-refractivity contribution in [1.82, 2.24) is 9.80 Å². The quantitative estimate of drug-likeness (QED) is 0.134. The van der Waals surface area contributed by atoms with E-state index in [1.54, 1.807) is 24.3 Å². The highest BCUT2D eigenvalue weighted by atomic mass is 16.7. The molecular weight excluding hydrogens is 600 g/mol. The van der Waals surface area contributed by atoms with Crippen LogP contribution in [0.4, 0.5) is 0 Å². The topological polar surface area (TPSA) is 79.3 Å². The predicted octanol–water partition coefficient (Wildman–Crippen LogP) is 7.62. The zero-order valence-electron chi connectivity index (χ0n) is 27.2. The fourth-order valence-electron chi connectivity index (χ4n) is 7.38. The van der Waals surface area contributed by atoms with Gasteiger partial charge in [-0.05, 0) is 64.9 Å². The van der Waals surface area contributed by atoms with Crippen molar-refractivity contribution in [3.63, 3.8) is 0 Å². The first kappa shape index (κ1) is 32.2. The maximum absolute atomic E-state index is 13.0. The van der Waals surface area contributed by atoms with E-state index in [0.29, 0.717) is 17.2 Å². The fraction of sp³-hybridized carbons (Fsp3) is 0.317. The summed E-state index contributed by atoms with van der Waals surface area (Å²) in [6, 6.07) is 31.7. The molecule has 246 valence electrons. The number of hydrogen-bond acceptors (Lipinski definition) is 6. The molecule has 7 heteroatoms. The van der Waals surface area contributed by atoms with Crippen molar-refractivity contribution in [2.75, 3.05) is 13.1 Å². The van der Waals surface area contributed by atoms with Crippen LogP contribution in [0.1, 0.15) is 87.5 Å². The average Bonchev–Trinajstić information content (AvgIpc) is 3.76. The molecule has 1 saturated carbocycles. The van der Waals surface area contributed by atoms with Gasteiger partial charge in [0.1, 0.15) is 0 Å². The lowest BCUT2D eigenvalue weighted by Gasteiger charge is -2.39. The van der Waals surface area contributed by atoms with Crippen molar-refractivity contribution in [2.45, 2.75) is 69.8 Å². The van der Waals surface area contributed by atoms with Crippen LogP contribution in [0, 0.1) is 0 Å². The lowest BCUT2D eigenvalue weighted by atomic mass is 9.98. The smallest absolute Gasteiger partial charge is 0.261 e. The van der Waals surface area contributed by atoms with Crippen LogP contribution < -0.4 is 0 Å². The van der Waals surface area contributed by atoms with E-state index < -0.39 is 6.29 Å². The first-order valence-corrected chi connectivity index (χ1v) is 17.0. The summed E-state index contributed by atoms with van der Waals surface area (Å²) in [6.07, 6.45) is 6.90. The van der Waals surface area contributed by atoms with E-state index in [4.69, 9.17) is 9.47 Å². The van der Waals surface area contributed by atoms with Crippen molar-refractivity contribution < 1.29 is 24.2 Å². The zero-order chi connectivity index (χ0) is 33.0. The second kappa shape index (κ2) is 14.4. The number of hydrogen-bond donors (Lipinski definition) is 1. The molecular formula is C41H42N2O5. The lowest BCUT2D eigenvalue weighted by molar-refractivity contribution is -0.253. The Kier molecular flexibility index (Phi) is 9.64. The monoisotopic (exact) mass is 642 g/mol. The third-order valence-electron chi connectivity index (χ3n) is 9.90. The highest BCUT2D eigenvalue weighted by molar-refractivity contribution is 6.21. The molecule has 3 aliphatic rings. The number of aliphatic hydroxyl groups excluding tert-OH is 1. The Morgan fingerprint density at radius 3 is 2.17 bits per heavy atom. The number of fused-ring (bicyclic) bond motifs is 1. The van der Waals surface area contributed by atoms with Crippen LogP contribution in [-0.2, 0) is 22.6 Å². The summed E-state index contributed by atoms with van der Waals surface area (Å²) in [5, 5.41) is 9.60. The lowest BCUT2D eigenvalue weighted by Crippen LogP contribution is -2.43. The van der Waals surface area contributed by atoms with Gasteiger partial charge in [0, 0.05) is 31.1 Å². The molecule has 1 N–H and O–H groups in total. The van der Waals surface area contributed by atoms with Crippen LogP contribution in [0.5, 0.6) is 0 Å². The molecule has 2 aliphatic heterocycles. The van der Waals surface area contributed by atoms with Gasteiger partial charge < -0.3 is 14.6 Å². The number of imide groups is 1. The molecule has 7 nitrogen and oxygen atoms in total. The largest absolute Gasteiger partial charge is 0.392 e. The normalized spacial score (nSPS) is 21.2. The van der Waals surface area contributed by atoms with Gasteiger partial charge in [-0.15, -0.1) is 6.58 Å². The summed E-state index contributed by atoms with van der Waals surface area (Å²) >= 11 is 0. The number of rotatable bonds is 11. The standard InChI is InChI=1S/C41H42N2O5/c1-2-21-42(34-13-3-4-14-34)26-35-24-38(30-19-17-28(27-44)18-20-30)48-41(47-35)33-12-8-11-32(23-33)31-10-7-9-29(22-31)25-43-39(45)36-15-5-6-16-37(36)40(43)46/h2,5-12,15-20,22-23,34-35,38,41,44H,1,3-4,13-14,21,24-27H2. The van der Waals surface area contributed by atoms with Gasteiger partial charge in [0.2, 0.25) is 0 Å². The van der Waals surface area contributed by atoms with E-state index in [9.17, 15) is 14.7 Å². The van der Waals surface area contributed by atoms with E-state index in [2.05, 4.69) is 23.6 Å². The van der Waals surface area contributed by atoms with Crippen molar-refractivity contribution in [3.05, 3.63) is 143 Å². The highest BCUT2D eigenvalue weighted by Gasteiger charge is 2.36. The minimum absolute atomic E-state index is 0.00432. The number of aliphatic hydroxyl groups is 1. The Bertz CT molecular complexity index is 1740. The molecule has 2 fully saturated rings. The number of carbonyl (C=O) groups excluding carboxylic acids is 2. The van der Waals surface area contributed by atoms with E-state index in [-0.39, 0.29) is 37.2 Å². The Morgan fingerprint density at radius 1 is 0.792 bits per heavy atom. The minimum atomic E-state index is -0.568. The average molecular weight is 643 g/mol. The molecule has 0 radical (unpaired) electrons. The van der Waals surface area contributed by atoms with Gasteiger partial charge in [-0.3, -0.25) is 19.4 Å². The molecule has 1 saturated heterocycles. The van der Waals surface area contributed by atoms with E-state index in [1.165, 1.54) is 30.6 Å². The molecule has 0 spiro atoms. The van der Waals surface area contributed by atoms with Crippen LogP contribution in [0.2, 0.25) is 0 Å². The van der Waals surface area contributed by atoms with Crippen LogP contribution in [0.15, 0.2) is 110 Å². The van der Waals surface area contributed by atoms with Gasteiger partial charge >= 0.3 is 0 Å². The summed E-state index contributed by atoms with van der Waals surface area (Å²) in [7, 11) is 0. The molecule has 1 aliphatic carbocycles. The first-order valence-electron chi connectivity index (χ1n) is 17.0. The first-order chi connectivity index (χ1) is 23.5. The maximum atomic E-state index is 13.0. The van der Waals surface area contributed by atoms with Crippen molar-refractivity contribution in [1.29, 1.82) is 0 Å². The molecule has 0 aromatic heterocycles. The second-order valence-corrected chi connectivity index (χ2v) is 13.1. The number of benzene rings is 4. The van der Waals surface area contributed by atoms with E-state index in [1.807, 2.05) is 66.7 Å². The molecule has 0 bridgehead atoms. The summed E-state index contributed by atoms with van der Waals surface area (Å²) in [6.45, 7) is 5.88.